The molecule has 0 amide bonds. The first-order valence-electron chi connectivity index (χ1n) is 7.01. The van der Waals surface area contributed by atoms with Crippen LogP contribution in [-0.2, 0) is 0 Å². The highest BCUT2D eigenvalue weighted by Gasteiger charge is 2.27. The van der Waals surface area contributed by atoms with Gasteiger partial charge in [0.15, 0.2) is 0 Å². The molecule has 1 heterocycles. The summed E-state index contributed by atoms with van der Waals surface area (Å²) in [4.78, 5) is 0. The van der Waals surface area contributed by atoms with Crippen LogP contribution in [0.25, 0.3) is 0 Å². The van der Waals surface area contributed by atoms with Gasteiger partial charge in [0.1, 0.15) is 5.75 Å². The van der Waals surface area contributed by atoms with E-state index in [1.165, 1.54) is 0 Å². The second kappa shape index (κ2) is 6.99. The highest BCUT2D eigenvalue weighted by atomic mass is 35.5. The van der Waals surface area contributed by atoms with Crippen molar-refractivity contribution >= 4 is 23.2 Å². The van der Waals surface area contributed by atoms with Gasteiger partial charge in [-0.1, -0.05) is 37.0 Å². The Morgan fingerprint density at radius 3 is 2.80 bits per heavy atom. The van der Waals surface area contributed by atoms with Gasteiger partial charge >= 0.3 is 0 Å². The molecule has 0 saturated heterocycles. The van der Waals surface area contributed by atoms with E-state index in [1.807, 2.05) is 6.07 Å². The average molecular weight is 318 g/mol. The number of aliphatic hydroxyl groups excluding tert-OH is 1. The smallest absolute Gasteiger partial charge is 0.142 e. The number of halogens is 2. The van der Waals surface area contributed by atoms with Gasteiger partial charge in [-0.2, -0.15) is 0 Å². The molecule has 0 bridgehead atoms. The van der Waals surface area contributed by atoms with Crippen molar-refractivity contribution in [3.8, 4) is 5.75 Å². The third-order valence-corrected chi connectivity index (χ3v) is 4.22. The lowest BCUT2D eigenvalue weighted by molar-refractivity contribution is 0.206. The number of hydrogen-bond donors (Lipinski definition) is 2. The Balaban J connectivity index is 2.23. The first-order chi connectivity index (χ1) is 9.52. The van der Waals surface area contributed by atoms with Crippen LogP contribution >= 0.6 is 23.2 Å². The summed E-state index contributed by atoms with van der Waals surface area (Å²) in [6, 6.07) is 4.04. The molecular formula is C15H21Cl2NO2. The fraction of sp³-hybridized carbons (Fsp3) is 0.600. The molecule has 2 unspecified atom stereocenters. The summed E-state index contributed by atoms with van der Waals surface area (Å²) in [5, 5.41) is 14.0. The van der Waals surface area contributed by atoms with Gasteiger partial charge in [0.2, 0.25) is 0 Å². The summed E-state index contributed by atoms with van der Waals surface area (Å²) in [6.07, 6.45) is 1.61. The van der Waals surface area contributed by atoms with Crippen LogP contribution in [0, 0.1) is 5.92 Å². The Bertz CT molecular complexity index is 465. The summed E-state index contributed by atoms with van der Waals surface area (Å²) in [5.74, 6) is 1.18. The molecular weight excluding hydrogens is 297 g/mol. The third kappa shape index (κ3) is 3.59. The quantitative estimate of drug-likeness (QED) is 0.867. The van der Waals surface area contributed by atoms with Crippen molar-refractivity contribution in [3.05, 3.63) is 27.7 Å². The molecule has 0 saturated carbocycles. The molecule has 2 rings (SSSR count). The number of rotatable bonds is 5. The fourth-order valence-electron chi connectivity index (χ4n) is 2.61. The van der Waals surface area contributed by atoms with E-state index in [2.05, 4.69) is 19.2 Å². The van der Waals surface area contributed by atoms with Gasteiger partial charge in [0, 0.05) is 35.7 Å². The van der Waals surface area contributed by atoms with Gasteiger partial charge in [-0.25, -0.2) is 0 Å². The lowest BCUT2D eigenvalue weighted by atomic mass is 9.95. The highest BCUT2D eigenvalue weighted by Crippen LogP contribution is 2.40. The van der Waals surface area contributed by atoms with Gasteiger partial charge in [-0.15, -0.1) is 0 Å². The summed E-state index contributed by atoms with van der Waals surface area (Å²) < 4.78 is 5.66. The van der Waals surface area contributed by atoms with Crippen LogP contribution in [-0.4, -0.2) is 24.4 Å². The molecule has 0 aromatic heterocycles. The van der Waals surface area contributed by atoms with Gasteiger partial charge in [-0.3, -0.25) is 0 Å². The molecule has 112 valence electrons. The Hall–Kier alpha value is -0.480. The zero-order chi connectivity index (χ0) is 14.7. The number of benzene rings is 1. The Labute approximate surface area is 130 Å². The van der Waals surface area contributed by atoms with E-state index < -0.39 is 0 Å². The maximum Gasteiger partial charge on any atom is 0.142 e. The predicted molar refractivity (Wildman–Crippen MR) is 82.8 cm³/mol. The Morgan fingerprint density at radius 1 is 1.40 bits per heavy atom. The maximum atomic E-state index is 9.19. The van der Waals surface area contributed by atoms with Crippen LogP contribution in [0.15, 0.2) is 12.1 Å². The minimum Gasteiger partial charge on any atom is -0.492 e. The predicted octanol–water partition coefficient (Wildman–Crippen LogP) is 3.81. The van der Waals surface area contributed by atoms with Crippen molar-refractivity contribution in [2.24, 2.45) is 5.92 Å². The normalized spacial score (nSPS) is 19.6. The van der Waals surface area contributed by atoms with Crippen molar-refractivity contribution in [3.63, 3.8) is 0 Å². The van der Waals surface area contributed by atoms with Gasteiger partial charge in [0.05, 0.1) is 11.6 Å². The van der Waals surface area contributed by atoms with E-state index in [9.17, 15) is 5.11 Å². The second-order valence-electron chi connectivity index (χ2n) is 5.53. The molecule has 20 heavy (non-hydrogen) atoms. The Kier molecular flexibility index (Phi) is 5.56. The minimum atomic E-state index is 0.161. The molecule has 0 spiro atoms. The van der Waals surface area contributed by atoms with Crippen molar-refractivity contribution in [2.75, 3.05) is 13.2 Å². The van der Waals surface area contributed by atoms with Gasteiger partial charge < -0.3 is 15.2 Å². The van der Waals surface area contributed by atoms with Gasteiger partial charge in [0.25, 0.3) is 0 Å². The van der Waals surface area contributed by atoms with Crippen LogP contribution < -0.4 is 10.1 Å². The van der Waals surface area contributed by atoms with Crippen LogP contribution in [0.3, 0.4) is 0 Å². The molecule has 1 aromatic carbocycles. The fourth-order valence-corrected chi connectivity index (χ4v) is 3.17. The molecule has 3 nitrogen and oxygen atoms in total. The standard InChI is InChI=1S/C15H21Cl2NO2/c1-9(2)13(3-5-19)18-14-4-6-20-15-11(14)7-10(16)8-12(15)17/h7-9,13-14,18-19H,3-6H2,1-2H3. The van der Waals surface area contributed by atoms with Crippen molar-refractivity contribution in [1.29, 1.82) is 0 Å². The van der Waals surface area contributed by atoms with Crippen LogP contribution in [0.2, 0.25) is 10.0 Å². The van der Waals surface area contributed by atoms with E-state index >= 15 is 0 Å². The molecule has 0 fully saturated rings. The number of fused-ring (bicyclic) bond motifs is 1. The molecule has 1 aliphatic rings. The third-order valence-electron chi connectivity index (χ3n) is 3.73. The highest BCUT2D eigenvalue weighted by molar-refractivity contribution is 6.35. The number of hydrogen-bond acceptors (Lipinski definition) is 3. The van der Waals surface area contributed by atoms with Crippen molar-refractivity contribution in [1.82, 2.24) is 5.32 Å². The first-order valence-corrected chi connectivity index (χ1v) is 7.77. The van der Waals surface area contributed by atoms with E-state index in [-0.39, 0.29) is 18.7 Å². The minimum absolute atomic E-state index is 0.161. The van der Waals surface area contributed by atoms with E-state index in [1.54, 1.807) is 6.07 Å². The number of ether oxygens (including phenoxy) is 1. The summed E-state index contributed by atoms with van der Waals surface area (Å²) in [6.45, 7) is 5.12. The zero-order valence-electron chi connectivity index (χ0n) is 11.8. The molecule has 0 radical (unpaired) electrons. The second-order valence-corrected chi connectivity index (χ2v) is 6.37. The topological polar surface area (TPSA) is 41.5 Å². The van der Waals surface area contributed by atoms with Crippen LogP contribution in [0.4, 0.5) is 0 Å². The molecule has 1 aliphatic heterocycles. The van der Waals surface area contributed by atoms with Crippen molar-refractivity contribution < 1.29 is 9.84 Å². The van der Waals surface area contributed by atoms with Crippen LogP contribution in [0.1, 0.15) is 38.3 Å². The molecule has 5 heteroatoms. The lowest BCUT2D eigenvalue weighted by Gasteiger charge is -2.32. The monoisotopic (exact) mass is 317 g/mol. The van der Waals surface area contributed by atoms with E-state index in [0.717, 1.165) is 24.2 Å². The lowest BCUT2D eigenvalue weighted by Crippen LogP contribution is -2.39. The largest absolute Gasteiger partial charge is 0.492 e. The van der Waals surface area contributed by atoms with Crippen molar-refractivity contribution in [2.45, 2.75) is 38.8 Å². The first kappa shape index (κ1) is 15.9. The summed E-state index contributed by atoms with van der Waals surface area (Å²) in [7, 11) is 0. The summed E-state index contributed by atoms with van der Waals surface area (Å²) >= 11 is 12.3. The van der Waals surface area contributed by atoms with E-state index in [4.69, 9.17) is 27.9 Å². The maximum absolute atomic E-state index is 9.19. The number of nitrogens with one attached hydrogen (secondary N) is 1. The average Bonchev–Trinajstić information content (AvgIpc) is 2.38. The van der Waals surface area contributed by atoms with Gasteiger partial charge in [-0.05, 0) is 24.5 Å². The zero-order valence-corrected chi connectivity index (χ0v) is 13.3. The summed E-state index contributed by atoms with van der Waals surface area (Å²) in [5.41, 5.74) is 1.01. The molecule has 2 atom stereocenters. The molecule has 2 N–H and O–H groups in total. The van der Waals surface area contributed by atoms with E-state index in [0.29, 0.717) is 22.6 Å². The number of aliphatic hydroxyl groups is 1. The Morgan fingerprint density at radius 2 is 2.15 bits per heavy atom. The molecule has 1 aromatic rings. The molecule has 0 aliphatic carbocycles. The SMILES string of the molecule is CC(C)C(CCO)NC1CCOc2c(Cl)cc(Cl)cc21. The van der Waals surface area contributed by atoms with Crippen LogP contribution in [0.5, 0.6) is 5.75 Å².